The van der Waals surface area contributed by atoms with Crippen LogP contribution in [-0.2, 0) is 23.8 Å². The summed E-state index contributed by atoms with van der Waals surface area (Å²) in [6.45, 7) is 7.69. The van der Waals surface area contributed by atoms with Gasteiger partial charge in [-0.3, -0.25) is 9.59 Å². The van der Waals surface area contributed by atoms with Gasteiger partial charge in [-0.2, -0.15) is 0 Å². The van der Waals surface area contributed by atoms with E-state index in [4.69, 9.17) is 14.2 Å². The van der Waals surface area contributed by atoms with Gasteiger partial charge >= 0.3 is 11.9 Å². The van der Waals surface area contributed by atoms with Gasteiger partial charge in [-0.1, -0.05) is 229 Å². The van der Waals surface area contributed by atoms with E-state index in [2.05, 4.69) is 81.5 Å². The van der Waals surface area contributed by atoms with E-state index in [0.717, 1.165) is 83.5 Å². The molecule has 0 saturated carbocycles. The number of allylic oxidation sites excluding steroid dienone is 10. The third kappa shape index (κ3) is 50.2. The van der Waals surface area contributed by atoms with Crippen molar-refractivity contribution in [1.29, 1.82) is 0 Å². The highest BCUT2D eigenvalue weighted by Gasteiger charge is 2.17. The molecule has 0 N–H and O–H groups in total. The zero-order valence-corrected chi connectivity index (χ0v) is 41.4. The smallest absolute Gasteiger partial charge is 0.306 e. The van der Waals surface area contributed by atoms with E-state index in [0.29, 0.717) is 19.4 Å². The number of hydrogen-bond acceptors (Lipinski definition) is 5. The van der Waals surface area contributed by atoms with Gasteiger partial charge in [-0.15, -0.1) is 0 Å². The molecule has 1 atom stereocenters. The second kappa shape index (κ2) is 52.9. The fraction of sp³-hybridized carbons (Fsp3) is 0.789. The molecule has 0 aromatic rings. The molecule has 0 heterocycles. The monoisotopic (exact) mass is 867 g/mol. The standard InChI is InChI=1S/C57H102O5/c1-4-7-10-13-16-19-21-23-25-27-28-29-31-33-35-37-40-43-46-49-52-60-53-55(62-57(59)51-48-45-42-38-18-15-12-9-6-3)54-61-56(58)50-47-44-41-39-36-34-32-30-26-24-22-20-17-14-11-8-5-2/h8,11,17,20,23-26,32,34,55H,4-7,9-10,12-16,18-19,21-22,27-31,33,35-54H2,1-3H3/b11-8-,20-17-,25-23-,26-24-,34-32-. The van der Waals surface area contributed by atoms with Crippen molar-refractivity contribution < 1.29 is 23.8 Å². The molecule has 62 heavy (non-hydrogen) atoms. The average Bonchev–Trinajstić information content (AvgIpc) is 3.27. The van der Waals surface area contributed by atoms with Crippen molar-refractivity contribution in [3.05, 3.63) is 60.8 Å². The molecule has 0 radical (unpaired) electrons. The van der Waals surface area contributed by atoms with Gasteiger partial charge in [0.05, 0.1) is 6.61 Å². The van der Waals surface area contributed by atoms with E-state index in [9.17, 15) is 9.59 Å². The molecule has 0 rings (SSSR count). The third-order valence-electron chi connectivity index (χ3n) is 11.5. The van der Waals surface area contributed by atoms with Crippen molar-refractivity contribution >= 4 is 11.9 Å². The van der Waals surface area contributed by atoms with E-state index in [1.54, 1.807) is 0 Å². The number of ether oxygens (including phenoxy) is 3. The predicted molar refractivity (Wildman–Crippen MR) is 270 cm³/mol. The SMILES string of the molecule is CC/C=C\C/C=C\C/C=C\C/C=C\CCCCCCC(=O)OCC(COCCCCCCCCCCCC/C=C\CCCCCCCC)OC(=O)CCCCCCCCCCC. The zero-order chi connectivity index (χ0) is 44.9. The maximum absolute atomic E-state index is 12.7. The van der Waals surface area contributed by atoms with Crippen molar-refractivity contribution in [1.82, 2.24) is 0 Å². The predicted octanol–water partition coefficient (Wildman–Crippen LogP) is 18.1. The van der Waals surface area contributed by atoms with Gasteiger partial charge in [0.25, 0.3) is 0 Å². The van der Waals surface area contributed by atoms with Gasteiger partial charge in [-0.25, -0.2) is 0 Å². The van der Waals surface area contributed by atoms with Crippen LogP contribution in [0.1, 0.15) is 265 Å². The summed E-state index contributed by atoms with van der Waals surface area (Å²) in [5.74, 6) is -0.420. The van der Waals surface area contributed by atoms with Crippen LogP contribution in [0.2, 0.25) is 0 Å². The Balaban J connectivity index is 4.18. The molecule has 0 aromatic carbocycles. The lowest BCUT2D eigenvalue weighted by atomic mass is 10.1. The first-order chi connectivity index (χ1) is 30.6. The first-order valence-corrected chi connectivity index (χ1v) is 26.8. The summed E-state index contributed by atoms with van der Waals surface area (Å²) in [6.07, 6.45) is 66.7. The minimum absolute atomic E-state index is 0.0735. The fourth-order valence-electron chi connectivity index (χ4n) is 7.56. The lowest BCUT2D eigenvalue weighted by Gasteiger charge is -2.18. The third-order valence-corrected chi connectivity index (χ3v) is 11.5. The summed E-state index contributed by atoms with van der Waals surface area (Å²) >= 11 is 0. The Morgan fingerprint density at radius 1 is 0.371 bits per heavy atom. The second-order valence-electron chi connectivity index (χ2n) is 17.8. The topological polar surface area (TPSA) is 61.8 Å². The molecule has 0 amide bonds. The largest absolute Gasteiger partial charge is 0.462 e. The lowest BCUT2D eigenvalue weighted by molar-refractivity contribution is -0.163. The van der Waals surface area contributed by atoms with E-state index < -0.39 is 6.10 Å². The zero-order valence-electron chi connectivity index (χ0n) is 41.4. The molecular formula is C57H102O5. The van der Waals surface area contributed by atoms with Crippen LogP contribution in [-0.4, -0.2) is 37.9 Å². The van der Waals surface area contributed by atoms with Gasteiger partial charge in [0.15, 0.2) is 6.10 Å². The number of unbranched alkanes of at least 4 members (excludes halogenated alkanes) is 28. The molecule has 0 saturated heterocycles. The van der Waals surface area contributed by atoms with Crippen molar-refractivity contribution in [3.8, 4) is 0 Å². The Labute approximate surface area is 385 Å². The summed E-state index contributed by atoms with van der Waals surface area (Å²) in [4.78, 5) is 25.3. The molecule has 0 aliphatic heterocycles. The number of esters is 2. The molecule has 0 aliphatic rings. The Bertz CT molecular complexity index is 1070. The Morgan fingerprint density at radius 3 is 1.18 bits per heavy atom. The quantitative estimate of drug-likeness (QED) is 0.0346. The number of carbonyl (C=O) groups is 2. The van der Waals surface area contributed by atoms with E-state index in [1.807, 2.05) is 0 Å². The van der Waals surface area contributed by atoms with Crippen molar-refractivity contribution in [3.63, 3.8) is 0 Å². The maximum Gasteiger partial charge on any atom is 0.306 e. The van der Waals surface area contributed by atoms with Gasteiger partial charge in [0.2, 0.25) is 0 Å². The van der Waals surface area contributed by atoms with Crippen LogP contribution in [0.15, 0.2) is 60.8 Å². The summed E-state index contributed by atoms with van der Waals surface area (Å²) in [5, 5.41) is 0. The minimum atomic E-state index is -0.544. The summed E-state index contributed by atoms with van der Waals surface area (Å²) < 4.78 is 17.4. The molecule has 0 fully saturated rings. The summed E-state index contributed by atoms with van der Waals surface area (Å²) in [5.41, 5.74) is 0. The molecule has 0 aliphatic carbocycles. The fourth-order valence-corrected chi connectivity index (χ4v) is 7.56. The lowest BCUT2D eigenvalue weighted by Crippen LogP contribution is -2.30. The van der Waals surface area contributed by atoms with Crippen LogP contribution in [0.3, 0.4) is 0 Å². The normalized spacial score (nSPS) is 12.6. The van der Waals surface area contributed by atoms with E-state index >= 15 is 0 Å². The van der Waals surface area contributed by atoms with Crippen molar-refractivity contribution in [2.75, 3.05) is 19.8 Å². The molecule has 360 valence electrons. The van der Waals surface area contributed by atoms with Crippen LogP contribution >= 0.6 is 0 Å². The number of carbonyl (C=O) groups excluding carboxylic acids is 2. The number of hydrogen-bond donors (Lipinski definition) is 0. The first-order valence-electron chi connectivity index (χ1n) is 26.8. The van der Waals surface area contributed by atoms with Crippen LogP contribution in [0.4, 0.5) is 0 Å². The number of rotatable bonds is 49. The van der Waals surface area contributed by atoms with Crippen LogP contribution in [0, 0.1) is 0 Å². The van der Waals surface area contributed by atoms with Crippen LogP contribution in [0.5, 0.6) is 0 Å². The highest BCUT2D eigenvalue weighted by molar-refractivity contribution is 5.70. The van der Waals surface area contributed by atoms with Gasteiger partial charge < -0.3 is 14.2 Å². The summed E-state index contributed by atoms with van der Waals surface area (Å²) in [6, 6.07) is 0. The molecule has 5 heteroatoms. The van der Waals surface area contributed by atoms with E-state index in [-0.39, 0.29) is 25.2 Å². The highest BCUT2D eigenvalue weighted by Crippen LogP contribution is 2.15. The van der Waals surface area contributed by atoms with Gasteiger partial charge in [-0.05, 0) is 83.5 Å². The Morgan fingerprint density at radius 2 is 0.726 bits per heavy atom. The molecule has 0 spiro atoms. The van der Waals surface area contributed by atoms with Gasteiger partial charge in [0, 0.05) is 19.4 Å². The second-order valence-corrected chi connectivity index (χ2v) is 17.8. The maximum atomic E-state index is 12.7. The highest BCUT2D eigenvalue weighted by atomic mass is 16.6. The summed E-state index contributed by atoms with van der Waals surface area (Å²) in [7, 11) is 0. The minimum Gasteiger partial charge on any atom is -0.462 e. The first kappa shape index (κ1) is 59.6. The Hall–Kier alpha value is -2.40. The molecular weight excluding hydrogens is 765 g/mol. The van der Waals surface area contributed by atoms with Crippen molar-refractivity contribution in [2.45, 2.75) is 271 Å². The molecule has 5 nitrogen and oxygen atoms in total. The average molecular weight is 867 g/mol. The van der Waals surface area contributed by atoms with Crippen LogP contribution < -0.4 is 0 Å². The molecule has 0 bridgehead atoms. The molecule has 1 unspecified atom stereocenters. The molecule has 0 aromatic heterocycles. The van der Waals surface area contributed by atoms with Gasteiger partial charge in [0.1, 0.15) is 6.61 Å². The van der Waals surface area contributed by atoms with Crippen LogP contribution in [0.25, 0.3) is 0 Å². The Kier molecular flexibility index (Phi) is 50.9. The van der Waals surface area contributed by atoms with E-state index in [1.165, 1.54) is 148 Å². The van der Waals surface area contributed by atoms with Crippen molar-refractivity contribution in [2.24, 2.45) is 0 Å².